The molecule has 0 aliphatic heterocycles. The highest BCUT2D eigenvalue weighted by Crippen LogP contribution is 2.11. The van der Waals surface area contributed by atoms with Crippen LogP contribution >= 0.6 is 22.6 Å². The number of carbonyl (C=O) groups is 2. The number of carboxylic acid groups (broad SMARTS) is 1. The zero-order chi connectivity index (χ0) is 15.2. The third kappa shape index (κ3) is 4.74. The Labute approximate surface area is 134 Å². The number of nitrogens with one attached hydrogen (secondary N) is 3. The standard InChI is InChI=1S/C13H13IN4O3/c14-8-1-3-9(4-2-8)17-13(21)18-11(12(19)20)5-10-6-15-7-16-10/h1-4,6-7,11H,5H2,(H,15,16)(H,19,20)(H2,17,18,21)/t11-/m0/s1. The number of carbonyl (C=O) groups excluding carboxylic acids is 1. The van der Waals surface area contributed by atoms with E-state index in [-0.39, 0.29) is 6.42 Å². The summed E-state index contributed by atoms with van der Waals surface area (Å²) in [6, 6.07) is 5.57. The number of anilines is 1. The second kappa shape index (κ2) is 7.07. The molecule has 1 heterocycles. The molecule has 0 bridgehead atoms. The summed E-state index contributed by atoms with van der Waals surface area (Å²) >= 11 is 2.16. The largest absolute Gasteiger partial charge is 0.480 e. The highest BCUT2D eigenvalue weighted by molar-refractivity contribution is 14.1. The fourth-order valence-corrected chi connectivity index (χ4v) is 2.03. The van der Waals surface area contributed by atoms with E-state index in [4.69, 9.17) is 5.11 Å². The Bertz CT molecular complexity index is 613. The van der Waals surface area contributed by atoms with E-state index in [0.717, 1.165) is 3.57 Å². The first-order valence-corrected chi connectivity index (χ1v) is 7.15. The first-order valence-electron chi connectivity index (χ1n) is 6.08. The van der Waals surface area contributed by atoms with Crippen LogP contribution in [0.15, 0.2) is 36.8 Å². The third-order valence-electron chi connectivity index (χ3n) is 2.68. The summed E-state index contributed by atoms with van der Waals surface area (Å²) in [5.74, 6) is -1.11. The average Bonchev–Trinajstić information content (AvgIpc) is 2.93. The predicted molar refractivity (Wildman–Crippen MR) is 85.0 cm³/mol. The Morgan fingerprint density at radius 1 is 1.33 bits per heavy atom. The fraction of sp³-hybridized carbons (Fsp3) is 0.154. The van der Waals surface area contributed by atoms with Crippen molar-refractivity contribution in [2.24, 2.45) is 0 Å². The topological polar surface area (TPSA) is 107 Å². The number of aliphatic carboxylic acids is 1. The van der Waals surface area contributed by atoms with Crippen LogP contribution in [-0.2, 0) is 11.2 Å². The van der Waals surface area contributed by atoms with Crippen LogP contribution in [0.2, 0.25) is 0 Å². The smallest absolute Gasteiger partial charge is 0.326 e. The van der Waals surface area contributed by atoms with E-state index in [0.29, 0.717) is 11.4 Å². The number of rotatable bonds is 5. The van der Waals surface area contributed by atoms with Crippen molar-refractivity contribution >= 4 is 40.3 Å². The second-order valence-corrected chi connectivity index (χ2v) is 5.52. The first-order chi connectivity index (χ1) is 10.0. The molecule has 0 saturated heterocycles. The van der Waals surface area contributed by atoms with Gasteiger partial charge in [-0.3, -0.25) is 0 Å². The lowest BCUT2D eigenvalue weighted by Crippen LogP contribution is -2.44. The molecule has 0 aliphatic rings. The highest BCUT2D eigenvalue weighted by Gasteiger charge is 2.21. The SMILES string of the molecule is O=C(Nc1ccc(I)cc1)N[C@@H](Cc1cnc[nH]1)C(=O)O. The number of halogens is 1. The number of nitrogens with zero attached hydrogens (tertiary/aromatic N) is 1. The van der Waals surface area contributed by atoms with E-state index < -0.39 is 18.0 Å². The molecule has 0 aliphatic carbocycles. The zero-order valence-electron chi connectivity index (χ0n) is 10.8. The normalized spacial score (nSPS) is 11.7. The number of imidazole rings is 1. The molecular weight excluding hydrogens is 387 g/mol. The molecule has 2 rings (SSSR count). The molecule has 0 unspecified atom stereocenters. The lowest BCUT2D eigenvalue weighted by molar-refractivity contribution is -0.139. The van der Waals surface area contributed by atoms with Crippen LogP contribution in [0.4, 0.5) is 10.5 Å². The summed E-state index contributed by atoms with van der Waals surface area (Å²) in [6.45, 7) is 0. The van der Waals surface area contributed by atoms with Crippen LogP contribution in [0.5, 0.6) is 0 Å². The van der Waals surface area contributed by atoms with Crippen LogP contribution in [0.25, 0.3) is 0 Å². The van der Waals surface area contributed by atoms with Gasteiger partial charge in [-0.1, -0.05) is 0 Å². The van der Waals surface area contributed by atoms with Crippen molar-refractivity contribution in [2.45, 2.75) is 12.5 Å². The van der Waals surface area contributed by atoms with Gasteiger partial charge in [-0.25, -0.2) is 14.6 Å². The van der Waals surface area contributed by atoms with Gasteiger partial charge in [0.25, 0.3) is 0 Å². The quantitative estimate of drug-likeness (QED) is 0.575. The summed E-state index contributed by atoms with van der Waals surface area (Å²) in [5, 5.41) is 14.2. The number of amides is 2. The van der Waals surface area contributed by atoms with Gasteiger partial charge < -0.3 is 20.7 Å². The first kappa shape index (κ1) is 15.3. The Morgan fingerprint density at radius 3 is 2.62 bits per heavy atom. The van der Waals surface area contributed by atoms with Crippen molar-refractivity contribution in [3.63, 3.8) is 0 Å². The Hall–Kier alpha value is -2.10. The van der Waals surface area contributed by atoms with Crippen molar-refractivity contribution in [1.82, 2.24) is 15.3 Å². The minimum Gasteiger partial charge on any atom is -0.480 e. The molecule has 7 nitrogen and oxygen atoms in total. The predicted octanol–water partition coefficient (Wildman–Crippen LogP) is 1.83. The van der Waals surface area contributed by atoms with Gasteiger partial charge in [0.1, 0.15) is 6.04 Å². The number of urea groups is 1. The van der Waals surface area contributed by atoms with Crippen molar-refractivity contribution in [2.75, 3.05) is 5.32 Å². The number of aromatic nitrogens is 2. The molecule has 0 fully saturated rings. The Morgan fingerprint density at radius 2 is 2.05 bits per heavy atom. The number of benzene rings is 1. The fourth-order valence-electron chi connectivity index (χ4n) is 1.67. The lowest BCUT2D eigenvalue weighted by Gasteiger charge is -2.14. The number of hydrogen-bond acceptors (Lipinski definition) is 3. The van der Waals surface area contributed by atoms with Crippen LogP contribution in [0, 0.1) is 3.57 Å². The summed E-state index contributed by atoms with van der Waals surface area (Å²) in [6.07, 6.45) is 3.12. The van der Waals surface area contributed by atoms with Gasteiger partial charge >= 0.3 is 12.0 Å². The van der Waals surface area contributed by atoms with E-state index in [1.54, 1.807) is 12.1 Å². The number of hydrogen-bond donors (Lipinski definition) is 4. The van der Waals surface area contributed by atoms with E-state index in [1.807, 2.05) is 12.1 Å². The number of H-pyrrole nitrogens is 1. The van der Waals surface area contributed by atoms with Crippen molar-refractivity contribution in [3.05, 3.63) is 46.1 Å². The van der Waals surface area contributed by atoms with E-state index in [2.05, 4.69) is 43.2 Å². The van der Waals surface area contributed by atoms with Crippen molar-refractivity contribution < 1.29 is 14.7 Å². The molecule has 1 aromatic carbocycles. The molecule has 110 valence electrons. The highest BCUT2D eigenvalue weighted by atomic mass is 127. The molecule has 1 aromatic heterocycles. The van der Waals surface area contributed by atoms with Crippen LogP contribution in [0.3, 0.4) is 0 Å². The van der Waals surface area contributed by atoms with Gasteiger partial charge in [-0.15, -0.1) is 0 Å². The van der Waals surface area contributed by atoms with Gasteiger partial charge in [0.2, 0.25) is 0 Å². The van der Waals surface area contributed by atoms with E-state index >= 15 is 0 Å². The summed E-state index contributed by atoms with van der Waals surface area (Å²) in [4.78, 5) is 29.6. The van der Waals surface area contributed by atoms with Gasteiger partial charge in [0, 0.05) is 27.6 Å². The molecule has 2 aromatic rings. The molecule has 0 spiro atoms. The summed E-state index contributed by atoms with van der Waals surface area (Å²) < 4.78 is 1.04. The minimum absolute atomic E-state index is 0.134. The van der Waals surface area contributed by atoms with Crippen LogP contribution in [-0.4, -0.2) is 33.1 Å². The molecule has 2 amide bonds. The summed E-state index contributed by atoms with van der Waals surface area (Å²) in [5.41, 5.74) is 1.23. The zero-order valence-corrected chi connectivity index (χ0v) is 13.0. The molecular formula is C13H13IN4O3. The Kier molecular flexibility index (Phi) is 5.14. The van der Waals surface area contributed by atoms with Gasteiger partial charge in [-0.2, -0.15) is 0 Å². The second-order valence-electron chi connectivity index (χ2n) is 4.28. The number of aromatic amines is 1. The van der Waals surface area contributed by atoms with E-state index in [9.17, 15) is 9.59 Å². The maximum atomic E-state index is 11.8. The molecule has 4 N–H and O–H groups in total. The van der Waals surface area contributed by atoms with Gasteiger partial charge in [0.05, 0.1) is 6.33 Å². The number of carboxylic acids is 1. The lowest BCUT2D eigenvalue weighted by atomic mass is 10.2. The van der Waals surface area contributed by atoms with Crippen LogP contribution < -0.4 is 10.6 Å². The Balaban J connectivity index is 1.95. The van der Waals surface area contributed by atoms with Crippen molar-refractivity contribution in [3.8, 4) is 0 Å². The maximum Gasteiger partial charge on any atom is 0.326 e. The molecule has 0 saturated carbocycles. The van der Waals surface area contributed by atoms with Gasteiger partial charge in [-0.05, 0) is 46.9 Å². The van der Waals surface area contributed by atoms with Gasteiger partial charge in [0.15, 0.2) is 0 Å². The molecule has 8 heteroatoms. The average molecular weight is 400 g/mol. The van der Waals surface area contributed by atoms with E-state index in [1.165, 1.54) is 12.5 Å². The maximum absolute atomic E-state index is 11.8. The summed E-state index contributed by atoms with van der Waals surface area (Å²) in [7, 11) is 0. The minimum atomic E-state index is -1.11. The monoisotopic (exact) mass is 400 g/mol. The molecule has 21 heavy (non-hydrogen) atoms. The molecule has 0 radical (unpaired) electrons. The van der Waals surface area contributed by atoms with Crippen molar-refractivity contribution in [1.29, 1.82) is 0 Å². The third-order valence-corrected chi connectivity index (χ3v) is 3.40. The molecule has 1 atom stereocenters. The van der Waals surface area contributed by atoms with Crippen LogP contribution in [0.1, 0.15) is 5.69 Å².